The lowest BCUT2D eigenvalue weighted by molar-refractivity contribution is 0.955. The van der Waals surface area contributed by atoms with Crippen molar-refractivity contribution >= 4 is 5.69 Å². The van der Waals surface area contributed by atoms with Crippen molar-refractivity contribution < 1.29 is 0 Å². The van der Waals surface area contributed by atoms with Gasteiger partial charge in [-0.05, 0) is 17.5 Å². The molecule has 0 bridgehead atoms. The van der Waals surface area contributed by atoms with Crippen molar-refractivity contribution in [2.45, 2.75) is 6.42 Å². The summed E-state index contributed by atoms with van der Waals surface area (Å²) in [5.74, 6) is 0. The molecule has 0 N–H and O–H groups in total. The fourth-order valence-corrected chi connectivity index (χ4v) is 2.36. The molecule has 1 aromatic heterocycles. The smallest absolute Gasteiger partial charge is 0.0507 e. The Morgan fingerprint density at radius 2 is 1.94 bits per heavy atom. The van der Waals surface area contributed by atoms with Crippen molar-refractivity contribution in [3.8, 4) is 11.1 Å². The molecule has 0 atom stereocenters. The molecule has 1 aromatic carbocycles. The second-order valence-electron chi connectivity index (χ2n) is 4.23. The minimum atomic E-state index is 1.10. The first-order valence-corrected chi connectivity index (χ1v) is 5.60. The molecule has 2 aromatic rings. The lowest BCUT2D eigenvalue weighted by atomic mass is 10.0. The number of anilines is 1. The van der Waals surface area contributed by atoms with E-state index in [1.54, 1.807) is 0 Å². The van der Waals surface area contributed by atoms with Gasteiger partial charge in [-0.3, -0.25) is 4.98 Å². The Morgan fingerprint density at radius 3 is 2.75 bits per heavy atom. The monoisotopic (exact) mass is 210 g/mol. The van der Waals surface area contributed by atoms with E-state index in [0.717, 1.165) is 13.0 Å². The molecule has 3 rings (SSSR count). The Hall–Kier alpha value is -1.83. The largest absolute Gasteiger partial charge is 0.373 e. The van der Waals surface area contributed by atoms with Gasteiger partial charge in [0.15, 0.2) is 0 Å². The molecule has 1 aliphatic heterocycles. The van der Waals surface area contributed by atoms with Crippen molar-refractivity contribution in [2.75, 3.05) is 18.5 Å². The first-order chi connectivity index (χ1) is 7.86. The van der Waals surface area contributed by atoms with Gasteiger partial charge in [-0.25, -0.2) is 0 Å². The molecule has 0 unspecified atom stereocenters. The van der Waals surface area contributed by atoms with Crippen LogP contribution in [0.4, 0.5) is 5.69 Å². The third-order valence-corrected chi connectivity index (χ3v) is 3.18. The average molecular weight is 210 g/mol. The first kappa shape index (κ1) is 9.40. The third kappa shape index (κ3) is 1.38. The van der Waals surface area contributed by atoms with Gasteiger partial charge in [0.05, 0.1) is 5.69 Å². The van der Waals surface area contributed by atoms with E-state index in [1.165, 1.54) is 22.4 Å². The second kappa shape index (κ2) is 3.63. The molecule has 0 saturated heterocycles. The van der Waals surface area contributed by atoms with Gasteiger partial charge in [0, 0.05) is 31.5 Å². The van der Waals surface area contributed by atoms with E-state index < -0.39 is 0 Å². The quantitative estimate of drug-likeness (QED) is 0.719. The van der Waals surface area contributed by atoms with Gasteiger partial charge in [-0.1, -0.05) is 30.3 Å². The van der Waals surface area contributed by atoms with Crippen LogP contribution in [-0.2, 0) is 6.42 Å². The maximum atomic E-state index is 4.34. The van der Waals surface area contributed by atoms with Crippen LogP contribution < -0.4 is 4.90 Å². The Balaban J connectivity index is 2.20. The molecule has 0 radical (unpaired) electrons. The zero-order chi connectivity index (χ0) is 11.0. The predicted octanol–water partition coefficient (Wildman–Crippen LogP) is 2.74. The van der Waals surface area contributed by atoms with Crippen LogP contribution in [-0.4, -0.2) is 18.6 Å². The van der Waals surface area contributed by atoms with Crippen molar-refractivity contribution in [2.24, 2.45) is 0 Å². The highest BCUT2D eigenvalue weighted by atomic mass is 15.1. The van der Waals surface area contributed by atoms with Crippen LogP contribution in [0.2, 0.25) is 0 Å². The van der Waals surface area contributed by atoms with Gasteiger partial charge in [0.25, 0.3) is 0 Å². The highest BCUT2D eigenvalue weighted by molar-refractivity contribution is 5.81. The Labute approximate surface area is 95.6 Å². The summed E-state index contributed by atoms with van der Waals surface area (Å²) in [7, 11) is 2.15. The zero-order valence-electron chi connectivity index (χ0n) is 9.35. The molecule has 2 heterocycles. The highest BCUT2D eigenvalue weighted by Crippen LogP contribution is 2.36. The number of hydrogen-bond donors (Lipinski definition) is 0. The molecule has 1 aliphatic rings. The summed E-state index contributed by atoms with van der Waals surface area (Å²) in [6, 6.07) is 10.5. The summed E-state index contributed by atoms with van der Waals surface area (Å²) in [4.78, 5) is 6.66. The molecule has 0 aliphatic carbocycles. The number of rotatable bonds is 1. The van der Waals surface area contributed by atoms with Crippen LogP contribution in [0.1, 0.15) is 5.56 Å². The normalized spacial score (nSPS) is 13.9. The summed E-state index contributed by atoms with van der Waals surface area (Å²) in [6.45, 7) is 1.10. The van der Waals surface area contributed by atoms with E-state index in [9.17, 15) is 0 Å². The predicted molar refractivity (Wildman–Crippen MR) is 66.6 cm³/mol. The highest BCUT2D eigenvalue weighted by Gasteiger charge is 2.20. The minimum Gasteiger partial charge on any atom is -0.373 e. The number of fused-ring (bicyclic) bond motifs is 1. The molecular formula is C14H14N2. The van der Waals surface area contributed by atoms with Crippen LogP contribution in [0.25, 0.3) is 11.1 Å². The number of nitrogens with zero attached hydrogens (tertiary/aromatic N) is 2. The number of hydrogen-bond acceptors (Lipinski definition) is 2. The van der Waals surface area contributed by atoms with Crippen molar-refractivity contribution in [3.05, 3.63) is 48.3 Å². The molecule has 80 valence electrons. The van der Waals surface area contributed by atoms with Crippen molar-refractivity contribution in [1.82, 2.24) is 4.98 Å². The standard InChI is InChI=1S/C14H14N2/c1-16-8-7-12-9-15-10-13(14(12)16)11-5-3-2-4-6-11/h2-6,9-10H,7-8H2,1H3. The summed E-state index contributed by atoms with van der Waals surface area (Å²) in [5, 5.41) is 0. The van der Waals surface area contributed by atoms with Gasteiger partial charge in [-0.2, -0.15) is 0 Å². The number of benzene rings is 1. The molecule has 2 heteroatoms. The summed E-state index contributed by atoms with van der Waals surface area (Å²) in [5.41, 5.74) is 5.21. The topological polar surface area (TPSA) is 16.1 Å². The number of pyridine rings is 1. The first-order valence-electron chi connectivity index (χ1n) is 5.60. The Morgan fingerprint density at radius 1 is 1.12 bits per heavy atom. The SMILES string of the molecule is CN1CCc2cncc(-c3ccccc3)c21. The van der Waals surface area contributed by atoms with E-state index in [0.29, 0.717) is 0 Å². The summed E-state index contributed by atoms with van der Waals surface area (Å²) < 4.78 is 0. The Bertz CT molecular complexity index is 505. The van der Waals surface area contributed by atoms with E-state index >= 15 is 0 Å². The van der Waals surface area contributed by atoms with Crippen molar-refractivity contribution in [1.29, 1.82) is 0 Å². The minimum absolute atomic E-state index is 1.10. The maximum Gasteiger partial charge on any atom is 0.0507 e. The molecule has 0 spiro atoms. The molecular weight excluding hydrogens is 196 g/mol. The van der Waals surface area contributed by atoms with Crippen LogP contribution >= 0.6 is 0 Å². The lowest BCUT2D eigenvalue weighted by Crippen LogP contribution is -2.13. The van der Waals surface area contributed by atoms with Crippen molar-refractivity contribution in [3.63, 3.8) is 0 Å². The molecule has 16 heavy (non-hydrogen) atoms. The van der Waals surface area contributed by atoms with Gasteiger partial charge in [-0.15, -0.1) is 0 Å². The van der Waals surface area contributed by atoms with Gasteiger partial charge in [0.1, 0.15) is 0 Å². The van der Waals surface area contributed by atoms with E-state index in [1.807, 2.05) is 18.5 Å². The molecule has 2 nitrogen and oxygen atoms in total. The number of aromatic nitrogens is 1. The zero-order valence-corrected chi connectivity index (χ0v) is 9.35. The second-order valence-corrected chi connectivity index (χ2v) is 4.23. The fraction of sp³-hybridized carbons (Fsp3) is 0.214. The molecule has 0 amide bonds. The molecule has 0 fully saturated rings. The average Bonchev–Trinajstić information content (AvgIpc) is 2.73. The van der Waals surface area contributed by atoms with Gasteiger partial charge < -0.3 is 4.90 Å². The third-order valence-electron chi connectivity index (χ3n) is 3.18. The van der Waals surface area contributed by atoms with Gasteiger partial charge >= 0.3 is 0 Å². The lowest BCUT2D eigenvalue weighted by Gasteiger charge is -2.16. The van der Waals surface area contributed by atoms with Crippen LogP contribution in [0, 0.1) is 0 Å². The van der Waals surface area contributed by atoms with Gasteiger partial charge in [0.2, 0.25) is 0 Å². The fourth-order valence-electron chi connectivity index (χ4n) is 2.36. The summed E-state index contributed by atoms with van der Waals surface area (Å²) in [6.07, 6.45) is 5.07. The van der Waals surface area contributed by atoms with E-state index in [-0.39, 0.29) is 0 Å². The maximum absolute atomic E-state index is 4.34. The molecule has 0 saturated carbocycles. The number of likely N-dealkylation sites (N-methyl/N-ethyl adjacent to an activating group) is 1. The Kier molecular flexibility index (Phi) is 2.13. The van der Waals surface area contributed by atoms with E-state index in [4.69, 9.17) is 0 Å². The van der Waals surface area contributed by atoms with Crippen LogP contribution in [0.15, 0.2) is 42.7 Å². The summed E-state index contributed by atoms with van der Waals surface area (Å²) >= 11 is 0. The van der Waals surface area contributed by atoms with E-state index in [2.05, 4.69) is 41.2 Å². The van der Waals surface area contributed by atoms with Crippen LogP contribution in [0.3, 0.4) is 0 Å². The van der Waals surface area contributed by atoms with Crippen LogP contribution in [0.5, 0.6) is 0 Å².